The van der Waals surface area contributed by atoms with Crippen LogP contribution in [-0.2, 0) is 10.3 Å². The van der Waals surface area contributed by atoms with Crippen LogP contribution in [0.15, 0.2) is 23.2 Å². The number of hydrogen-bond donors (Lipinski definition) is 0. The molecule has 1 unspecified atom stereocenters. The van der Waals surface area contributed by atoms with Gasteiger partial charge in [0, 0.05) is 36.9 Å². The van der Waals surface area contributed by atoms with Gasteiger partial charge in [0.05, 0.1) is 23.5 Å². The number of likely N-dealkylation sites (tertiary alicyclic amines) is 1. The summed E-state index contributed by atoms with van der Waals surface area (Å²) in [4.78, 5) is 15.4. The van der Waals surface area contributed by atoms with E-state index in [2.05, 4.69) is 37.2 Å². The average Bonchev–Trinajstić information content (AvgIpc) is 3.29. The largest absolute Gasteiger partial charge is 0.381 e. The highest BCUT2D eigenvalue weighted by Gasteiger charge is 2.56. The number of carbonyl (C=O) groups is 1. The molecule has 4 heterocycles. The molecule has 0 aliphatic carbocycles. The lowest BCUT2D eigenvalue weighted by atomic mass is 9.64. The molecule has 1 spiro atoms. The van der Waals surface area contributed by atoms with Crippen LogP contribution in [0.1, 0.15) is 81.0 Å². The van der Waals surface area contributed by atoms with Crippen molar-refractivity contribution in [1.29, 1.82) is 0 Å². The van der Waals surface area contributed by atoms with Crippen molar-refractivity contribution in [2.75, 3.05) is 19.8 Å². The molecule has 2 aromatic rings. The van der Waals surface area contributed by atoms with Gasteiger partial charge in [-0.1, -0.05) is 19.0 Å². The highest BCUT2D eigenvalue weighted by molar-refractivity contribution is 5.96. The van der Waals surface area contributed by atoms with Crippen molar-refractivity contribution in [2.45, 2.75) is 65.0 Å². The van der Waals surface area contributed by atoms with Gasteiger partial charge in [0.2, 0.25) is 0 Å². The zero-order chi connectivity index (χ0) is 20.1. The monoisotopic (exact) mass is 386 g/mol. The standard InChI is InChI=1S/C21H30N4O3/c1-14(2)17-16(12-28-23-17)19(26)24-13-21(6-8-27-9-7-21)18(24)15-10-22-25(11-15)20(3,4)5/h10-12,14,18H,6-9,13H2,1-5H3. The van der Waals surface area contributed by atoms with Crippen molar-refractivity contribution >= 4 is 5.91 Å². The van der Waals surface area contributed by atoms with Crippen molar-refractivity contribution < 1.29 is 14.1 Å². The highest BCUT2D eigenvalue weighted by atomic mass is 16.5. The molecule has 0 aromatic carbocycles. The molecule has 0 saturated carbocycles. The Morgan fingerprint density at radius 3 is 2.61 bits per heavy atom. The first kappa shape index (κ1) is 19.2. The van der Waals surface area contributed by atoms with Crippen molar-refractivity contribution in [3.8, 4) is 0 Å². The van der Waals surface area contributed by atoms with Crippen LogP contribution in [0.4, 0.5) is 0 Å². The van der Waals surface area contributed by atoms with E-state index in [0.717, 1.165) is 43.9 Å². The first-order chi connectivity index (χ1) is 13.2. The lowest BCUT2D eigenvalue weighted by molar-refractivity contribution is -0.115. The van der Waals surface area contributed by atoms with Gasteiger partial charge in [0.25, 0.3) is 5.91 Å². The number of amides is 1. The van der Waals surface area contributed by atoms with Crippen LogP contribution >= 0.6 is 0 Å². The van der Waals surface area contributed by atoms with Gasteiger partial charge in [-0.3, -0.25) is 9.48 Å². The van der Waals surface area contributed by atoms with Gasteiger partial charge in [-0.25, -0.2) is 0 Å². The Morgan fingerprint density at radius 2 is 2.00 bits per heavy atom. The number of hydrogen-bond acceptors (Lipinski definition) is 5. The van der Waals surface area contributed by atoms with Crippen LogP contribution in [0, 0.1) is 5.41 Å². The Balaban J connectivity index is 1.68. The smallest absolute Gasteiger partial charge is 0.259 e. The summed E-state index contributed by atoms with van der Waals surface area (Å²) in [5.74, 6) is 0.133. The minimum Gasteiger partial charge on any atom is -0.381 e. The third-order valence-electron chi connectivity index (χ3n) is 6.11. The molecule has 1 amide bonds. The minimum atomic E-state index is -0.0982. The summed E-state index contributed by atoms with van der Waals surface area (Å²) in [6.07, 6.45) is 7.43. The third-order valence-corrected chi connectivity index (χ3v) is 6.11. The number of nitrogens with zero attached hydrogens (tertiary/aromatic N) is 4. The molecule has 2 aromatic heterocycles. The summed E-state index contributed by atoms with van der Waals surface area (Å²) < 4.78 is 12.7. The van der Waals surface area contributed by atoms with E-state index in [0.29, 0.717) is 5.56 Å². The number of rotatable bonds is 3. The number of carbonyl (C=O) groups excluding carboxylic acids is 1. The fraction of sp³-hybridized carbons (Fsp3) is 0.667. The van der Waals surface area contributed by atoms with Crippen LogP contribution in [0.3, 0.4) is 0 Å². The predicted octanol–water partition coefficient (Wildman–Crippen LogP) is 3.74. The van der Waals surface area contributed by atoms with Gasteiger partial charge in [-0.2, -0.15) is 5.10 Å². The fourth-order valence-corrected chi connectivity index (χ4v) is 4.49. The predicted molar refractivity (Wildman–Crippen MR) is 104 cm³/mol. The molecular weight excluding hydrogens is 356 g/mol. The molecule has 0 bridgehead atoms. The maximum absolute atomic E-state index is 13.4. The fourth-order valence-electron chi connectivity index (χ4n) is 4.49. The second-order valence-corrected chi connectivity index (χ2v) is 9.47. The zero-order valence-corrected chi connectivity index (χ0v) is 17.4. The second kappa shape index (κ2) is 6.72. The molecular formula is C21H30N4O3. The Kier molecular flexibility index (Phi) is 4.61. The van der Waals surface area contributed by atoms with Crippen LogP contribution in [0.25, 0.3) is 0 Å². The molecule has 28 heavy (non-hydrogen) atoms. The van der Waals surface area contributed by atoms with E-state index in [-0.39, 0.29) is 28.8 Å². The van der Waals surface area contributed by atoms with Gasteiger partial charge >= 0.3 is 0 Å². The molecule has 2 aliphatic heterocycles. The van der Waals surface area contributed by atoms with Gasteiger partial charge in [0.1, 0.15) is 11.8 Å². The first-order valence-corrected chi connectivity index (χ1v) is 10.1. The summed E-state index contributed by atoms with van der Waals surface area (Å²) in [5.41, 5.74) is 2.36. The van der Waals surface area contributed by atoms with Gasteiger partial charge in [-0.15, -0.1) is 0 Å². The maximum Gasteiger partial charge on any atom is 0.259 e. The summed E-state index contributed by atoms with van der Waals surface area (Å²) in [7, 11) is 0. The average molecular weight is 386 g/mol. The summed E-state index contributed by atoms with van der Waals surface area (Å²) in [5, 5.41) is 8.64. The molecule has 1 atom stereocenters. The van der Waals surface area contributed by atoms with E-state index in [1.165, 1.54) is 6.26 Å². The molecule has 4 rings (SSSR count). The van der Waals surface area contributed by atoms with Crippen LogP contribution in [0.2, 0.25) is 0 Å². The third kappa shape index (κ3) is 3.05. The molecule has 2 saturated heterocycles. The minimum absolute atomic E-state index is 0.00410. The summed E-state index contributed by atoms with van der Waals surface area (Å²) in [6.45, 7) is 12.7. The number of aromatic nitrogens is 3. The van der Waals surface area contributed by atoms with Crippen molar-refractivity contribution in [1.82, 2.24) is 19.8 Å². The van der Waals surface area contributed by atoms with Crippen LogP contribution in [-0.4, -0.2) is 45.5 Å². The normalized spacial score (nSPS) is 21.9. The first-order valence-electron chi connectivity index (χ1n) is 10.1. The molecule has 7 heteroatoms. The Bertz CT molecular complexity index is 855. The summed E-state index contributed by atoms with van der Waals surface area (Å²) >= 11 is 0. The van der Waals surface area contributed by atoms with E-state index in [4.69, 9.17) is 9.26 Å². The Hall–Kier alpha value is -2.15. The van der Waals surface area contributed by atoms with Crippen LogP contribution in [0.5, 0.6) is 0 Å². The topological polar surface area (TPSA) is 73.4 Å². The van der Waals surface area contributed by atoms with E-state index in [1.54, 1.807) is 0 Å². The summed E-state index contributed by atoms with van der Waals surface area (Å²) in [6, 6.07) is 0.00918. The van der Waals surface area contributed by atoms with E-state index in [1.807, 2.05) is 29.6 Å². The van der Waals surface area contributed by atoms with Gasteiger partial charge < -0.3 is 14.2 Å². The molecule has 2 aliphatic rings. The quantitative estimate of drug-likeness (QED) is 0.803. The highest BCUT2D eigenvalue weighted by Crippen LogP contribution is 2.55. The Labute approximate surface area is 166 Å². The van der Waals surface area contributed by atoms with Gasteiger partial charge in [0.15, 0.2) is 0 Å². The lowest BCUT2D eigenvalue weighted by Gasteiger charge is -2.58. The SMILES string of the molecule is CC(C)c1nocc1C(=O)N1CC2(CCOCC2)C1c1cnn(C(C)(C)C)c1. The second-order valence-electron chi connectivity index (χ2n) is 9.47. The van der Waals surface area contributed by atoms with Crippen molar-refractivity contribution in [3.05, 3.63) is 35.5 Å². The molecule has 7 nitrogen and oxygen atoms in total. The van der Waals surface area contributed by atoms with Crippen molar-refractivity contribution in [2.24, 2.45) is 5.41 Å². The van der Waals surface area contributed by atoms with E-state index < -0.39 is 0 Å². The Morgan fingerprint density at radius 1 is 1.29 bits per heavy atom. The van der Waals surface area contributed by atoms with E-state index in [9.17, 15) is 4.79 Å². The molecule has 0 radical (unpaired) electrons. The zero-order valence-electron chi connectivity index (χ0n) is 17.4. The molecule has 2 fully saturated rings. The lowest BCUT2D eigenvalue weighted by Crippen LogP contribution is -2.62. The van der Waals surface area contributed by atoms with Crippen LogP contribution < -0.4 is 0 Å². The molecule has 0 N–H and O–H groups in total. The van der Waals surface area contributed by atoms with Crippen molar-refractivity contribution in [3.63, 3.8) is 0 Å². The molecule has 152 valence electrons. The maximum atomic E-state index is 13.4. The van der Waals surface area contributed by atoms with Gasteiger partial charge in [-0.05, 0) is 39.5 Å². The number of ether oxygens (including phenoxy) is 1. The van der Waals surface area contributed by atoms with E-state index >= 15 is 0 Å².